The molecule has 2 aliphatic heterocycles. The lowest BCUT2D eigenvalue weighted by Crippen LogP contribution is -2.51. The third-order valence-corrected chi connectivity index (χ3v) is 6.48. The molecule has 2 heterocycles. The molecule has 1 aromatic carbocycles. The summed E-state index contributed by atoms with van der Waals surface area (Å²) < 4.78 is 10.7. The maximum atomic E-state index is 13.3. The Kier molecular flexibility index (Phi) is 3.07. The standard InChI is InChI=1S/C20H18O5/c1-9-13-16-11(15(18(13)21)10-5-3-2-4-6-10)7-24-8-12(16)17-14(9)19(22)25-20(17)23/h2-6,9,12-14,16-17H,7-8H2,1H3. The first-order valence-electron chi connectivity index (χ1n) is 8.75. The van der Waals surface area contributed by atoms with Gasteiger partial charge in [-0.05, 0) is 23.0 Å². The molecule has 2 saturated heterocycles. The molecule has 0 radical (unpaired) electrons. The summed E-state index contributed by atoms with van der Waals surface area (Å²) in [4.78, 5) is 37.8. The molecule has 0 N–H and O–H groups in total. The number of Topliss-reactive ketones (excluding diaryl/α,β-unsaturated/α-hetero) is 1. The average Bonchev–Trinajstić information content (AvgIpc) is 3.08. The smallest absolute Gasteiger partial charge is 0.317 e. The molecule has 6 unspecified atom stereocenters. The summed E-state index contributed by atoms with van der Waals surface area (Å²) in [5.41, 5.74) is 2.62. The van der Waals surface area contributed by atoms with Gasteiger partial charge in [0.2, 0.25) is 0 Å². The fourth-order valence-electron chi connectivity index (χ4n) is 5.53. The molecule has 1 aromatic rings. The maximum absolute atomic E-state index is 13.3. The number of carbonyl (C=O) groups excluding carboxylic acids is 3. The Balaban J connectivity index is 1.67. The van der Waals surface area contributed by atoms with Crippen molar-refractivity contribution < 1.29 is 23.9 Å². The van der Waals surface area contributed by atoms with E-state index in [-0.39, 0.29) is 29.5 Å². The van der Waals surface area contributed by atoms with E-state index in [0.29, 0.717) is 13.2 Å². The van der Waals surface area contributed by atoms with Crippen LogP contribution in [-0.4, -0.2) is 30.9 Å². The van der Waals surface area contributed by atoms with Gasteiger partial charge in [0.1, 0.15) is 0 Å². The Morgan fingerprint density at radius 3 is 2.40 bits per heavy atom. The summed E-state index contributed by atoms with van der Waals surface area (Å²) >= 11 is 0. The predicted molar refractivity (Wildman–Crippen MR) is 86.9 cm³/mol. The zero-order valence-electron chi connectivity index (χ0n) is 13.8. The zero-order valence-corrected chi connectivity index (χ0v) is 13.8. The van der Waals surface area contributed by atoms with Gasteiger partial charge in [-0.25, -0.2) is 0 Å². The molecular formula is C20H18O5. The largest absolute Gasteiger partial charge is 0.393 e. The van der Waals surface area contributed by atoms with E-state index in [4.69, 9.17) is 9.47 Å². The van der Waals surface area contributed by atoms with Crippen LogP contribution >= 0.6 is 0 Å². The van der Waals surface area contributed by atoms with E-state index >= 15 is 0 Å². The van der Waals surface area contributed by atoms with Crippen molar-refractivity contribution in [2.75, 3.05) is 13.2 Å². The van der Waals surface area contributed by atoms with Gasteiger partial charge in [-0.2, -0.15) is 0 Å². The van der Waals surface area contributed by atoms with Gasteiger partial charge in [0, 0.05) is 17.4 Å². The molecule has 128 valence electrons. The highest BCUT2D eigenvalue weighted by Gasteiger charge is 2.64. The number of esters is 2. The molecular weight excluding hydrogens is 320 g/mol. The third-order valence-electron chi connectivity index (χ3n) is 6.48. The SMILES string of the molecule is CC1C2C(=O)OC(=O)C2C2COCC3=C(c4ccccc4)C(=O)C1C32. The number of rotatable bonds is 1. The van der Waals surface area contributed by atoms with Crippen LogP contribution in [0.25, 0.3) is 5.57 Å². The van der Waals surface area contributed by atoms with Crippen LogP contribution in [-0.2, 0) is 23.9 Å². The lowest BCUT2D eigenvalue weighted by molar-refractivity contribution is -0.154. The quantitative estimate of drug-likeness (QED) is 0.577. The number of hydrogen-bond acceptors (Lipinski definition) is 5. The van der Waals surface area contributed by atoms with Crippen LogP contribution in [0.4, 0.5) is 0 Å². The van der Waals surface area contributed by atoms with Crippen LogP contribution in [0.2, 0.25) is 0 Å². The van der Waals surface area contributed by atoms with Gasteiger partial charge >= 0.3 is 11.9 Å². The van der Waals surface area contributed by atoms with Gasteiger partial charge in [0.15, 0.2) is 5.78 Å². The van der Waals surface area contributed by atoms with Gasteiger partial charge < -0.3 is 9.47 Å². The summed E-state index contributed by atoms with van der Waals surface area (Å²) in [5.74, 6) is -2.50. The van der Waals surface area contributed by atoms with E-state index < -0.39 is 23.8 Å². The number of benzene rings is 1. The highest BCUT2D eigenvalue weighted by atomic mass is 16.6. The molecule has 0 amide bonds. The summed E-state index contributed by atoms with van der Waals surface area (Å²) in [6.45, 7) is 2.73. The number of ketones is 1. The van der Waals surface area contributed by atoms with Gasteiger partial charge in [0.05, 0.1) is 25.0 Å². The van der Waals surface area contributed by atoms with Crippen LogP contribution < -0.4 is 0 Å². The van der Waals surface area contributed by atoms with Crippen molar-refractivity contribution in [1.29, 1.82) is 0 Å². The van der Waals surface area contributed by atoms with E-state index in [9.17, 15) is 14.4 Å². The third kappa shape index (κ3) is 1.84. The van der Waals surface area contributed by atoms with Crippen molar-refractivity contribution in [1.82, 2.24) is 0 Å². The Morgan fingerprint density at radius 1 is 0.920 bits per heavy atom. The van der Waals surface area contributed by atoms with E-state index in [2.05, 4.69) is 0 Å². The second-order valence-electron chi connectivity index (χ2n) is 7.51. The van der Waals surface area contributed by atoms with Crippen molar-refractivity contribution in [2.45, 2.75) is 6.92 Å². The van der Waals surface area contributed by atoms with E-state index in [0.717, 1.165) is 16.7 Å². The minimum Gasteiger partial charge on any atom is -0.393 e. The first-order chi connectivity index (χ1) is 12.1. The Labute approximate surface area is 145 Å². The summed E-state index contributed by atoms with van der Waals surface area (Å²) in [6.07, 6.45) is 0. The zero-order chi connectivity index (χ0) is 17.3. The molecule has 0 bridgehead atoms. The van der Waals surface area contributed by atoms with Crippen molar-refractivity contribution in [3.63, 3.8) is 0 Å². The Morgan fingerprint density at radius 2 is 1.64 bits per heavy atom. The molecule has 3 fully saturated rings. The number of fused-ring (bicyclic) bond motifs is 2. The summed E-state index contributed by atoms with van der Waals surface area (Å²) in [5, 5.41) is 0. The van der Waals surface area contributed by atoms with Crippen LogP contribution in [0.15, 0.2) is 35.9 Å². The number of hydrogen-bond donors (Lipinski definition) is 0. The maximum Gasteiger partial charge on any atom is 0.317 e. The van der Waals surface area contributed by atoms with Crippen molar-refractivity contribution in [2.24, 2.45) is 35.5 Å². The molecule has 1 saturated carbocycles. The second-order valence-corrected chi connectivity index (χ2v) is 7.51. The Bertz CT molecular complexity index is 824. The monoisotopic (exact) mass is 338 g/mol. The van der Waals surface area contributed by atoms with Crippen molar-refractivity contribution >= 4 is 23.3 Å². The van der Waals surface area contributed by atoms with Gasteiger partial charge in [-0.1, -0.05) is 37.3 Å². The van der Waals surface area contributed by atoms with E-state index in [1.54, 1.807) is 0 Å². The molecule has 6 atom stereocenters. The first kappa shape index (κ1) is 15.0. The van der Waals surface area contributed by atoms with Gasteiger partial charge in [-0.3, -0.25) is 14.4 Å². The molecule has 4 aliphatic rings. The fraction of sp³-hybridized carbons (Fsp3) is 0.450. The lowest BCUT2D eigenvalue weighted by atomic mass is 9.57. The number of carbonyl (C=O) groups is 3. The number of allylic oxidation sites excluding steroid dienone is 1. The first-order valence-corrected chi connectivity index (χ1v) is 8.75. The highest BCUT2D eigenvalue weighted by Crippen LogP contribution is 2.58. The number of ether oxygens (including phenoxy) is 2. The lowest BCUT2D eigenvalue weighted by Gasteiger charge is -2.45. The molecule has 2 aliphatic carbocycles. The van der Waals surface area contributed by atoms with Crippen molar-refractivity contribution in [3.8, 4) is 0 Å². The predicted octanol–water partition coefficient (Wildman–Crippen LogP) is 1.87. The van der Waals surface area contributed by atoms with Gasteiger partial charge in [-0.15, -0.1) is 0 Å². The second kappa shape index (κ2) is 5.11. The molecule has 0 aromatic heterocycles. The van der Waals surface area contributed by atoms with Crippen LogP contribution in [0, 0.1) is 35.5 Å². The topological polar surface area (TPSA) is 69.7 Å². The van der Waals surface area contributed by atoms with Crippen LogP contribution in [0.3, 0.4) is 0 Å². The minimum absolute atomic E-state index is 0.0221. The van der Waals surface area contributed by atoms with Crippen molar-refractivity contribution in [3.05, 3.63) is 41.5 Å². The normalized spacial score (nSPS) is 39.3. The molecule has 5 heteroatoms. The minimum atomic E-state index is -0.527. The number of cyclic esters (lactones) is 2. The van der Waals surface area contributed by atoms with Gasteiger partial charge in [0.25, 0.3) is 0 Å². The summed E-state index contributed by atoms with van der Waals surface area (Å²) in [6, 6.07) is 9.62. The highest BCUT2D eigenvalue weighted by molar-refractivity contribution is 6.25. The fourth-order valence-corrected chi connectivity index (χ4v) is 5.53. The molecule has 25 heavy (non-hydrogen) atoms. The summed E-state index contributed by atoms with van der Waals surface area (Å²) in [7, 11) is 0. The van der Waals surface area contributed by atoms with Crippen LogP contribution in [0.5, 0.6) is 0 Å². The molecule has 0 spiro atoms. The van der Waals surface area contributed by atoms with E-state index in [1.807, 2.05) is 37.3 Å². The molecule has 5 nitrogen and oxygen atoms in total. The average molecular weight is 338 g/mol. The Hall–Kier alpha value is -2.27. The van der Waals surface area contributed by atoms with Crippen LogP contribution in [0.1, 0.15) is 12.5 Å². The van der Waals surface area contributed by atoms with E-state index in [1.165, 1.54) is 0 Å². The molecule has 5 rings (SSSR count).